The Morgan fingerprint density at radius 2 is 2.19 bits per heavy atom. The Hall–Kier alpha value is -2.62. The zero-order chi connectivity index (χ0) is 16.0. The molecule has 0 aliphatic heterocycles. The van der Waals surface area contributed by atoms with Crippen LogP contribution in [0.2, 0.25) is 0 Å². The van der Waals surface area contributed by atoms with Crippen LogP contribution in [0, 0.1) is 21.4 Å². The average Bonchev–Trinajstić information content (AvgIpc) is 2.46. The van der Waals surface area contributed by atoms with Crippen LogP contribution >= 0.6 is 0 Å². The van der Waals surface area contributed by atoms with E-state index in [-0.39, 0.29) is 35.4 Å². The van der Waals surface area contributed by atoms with E-state index in [0.29, 0.717) is 6.54 Å². The van der Waals surface area contributed by atoms with Crippen molar-refractivity contribution >= 4 is 11.6 Å². The smallest absolute Gasteiger partial charge is 0.273 e. The molecule has 112 valence electrons. The van der Waals surface area contributed by atoms with Crippen molar-refractivity contribution in [2.45, 2.75) is 26.3 Å². The van der Waals surface area contributed by atoms with Gasteiger partial charge in [-0.3, -0.25) is 14.9 Å². The second-order valence-corrected chi connectivity index (χ2v) is 4.64. The molecule has 7 heteroatoms. The Balaban J connectivity index is 3.15. The highest BCUT2D eigenvalue weighted by molar-refractivity contribution is 5.97. The van der Waals surface area contributed by atoms with Gasteiger partial charge in [-0.15, -0.1) is 0 Å². The molecule has 1 aromatic rings. The molecule has 0 N–H and O–H groups in total. The number of carbonyl (C=O) groups excluding carboxylic acids is 1. The van der Waals surface area contributed by atoms with Crippen molar-refractivity contribution < 1.29 is 14.5 Å². The van der Waals surface area contributed by atoms with Crippen molar-refractivity contribution in [3.05, 3.63) is 33.9 Å². The van der Waals surface area contributed by atoms with E-state index in [9.17, 15) is 14.9 Å². The van der Waals surface area contributed by atoms with E-state index >= 15 is 0 Å². The molecule has 0 saturated heterocycles. The minimum Gasteiger partial charge on any atom is -0.496 e. The normalized spacial score (nSPS) is 10.0. The number of hydrogen-bond donors (Lipinski definition) is 0. The van der Waals surface area contributed by atoms with E-state index < -0.39 is 4.92 Å². The monoisotopic (exact) mass is 291 g/mol. The van der Waals surface area contributed by atoms with E-state index in [1.807, 2.05) is 19.9 Å². The van der Waals surface area contributed by atoms with Crippen molar-refractivity contribution in [1.82, 2.24) is 4.90 Å². The van der Waals surface area contributed by atoms with Crippen LogP contribution in [0.25, 0.3) is 0 Å². The lowest BCUT2D eigenvalue weighted by Crippen LogP contribution is -2.37. The zero-order valence-electron chi connectivity index (χ0n) is 12.2. The number of non-ortho nitro benzene ring substituents is 1. The predicted molar refractivity (Wildman–Crippen MR) is 76.1 cm³/mol. The van der Waals surface area contributed by atoms with Crippen LogP contribution in [-0.2, 0) is 0 Å². The lowest BCUT2D eigenvalue weighted by atomic mass is 10.1. The Bertz CT molecular complexity index is 578. The maximum Gasteiger partial charge on any atom is 0.273 e. The summed E-state index contributed by atoms with van der Waals surface area (Å²) in [6.07, 6.45) is 0.221. The molecule has 0 radical (unpaired) electrons. The summed E-state index contributed by atoms with van der Waals surface area (Å²) in [4.78, 5) is 24.3. The number of hydrogen-bond acceptors (Lipinski definition) is 5. The van der Waals surface area contributed by atoms with Crippen LogP contribution in [0.5, 0.6) is 5.75 Å². The fraction of sp³-hybridized carbons (Fsp3) is 0.429. The van der Waals surface area contributed by atoms with Gasteiger partial charge in [0.15, 0.2) is 0 Å². The number of nitrogens with zero attached hydrogens (tertiary/aromatic N) is 3. The van der Waals surface area contributed by atoms with Crippen LogP contribution in [-0.4, -0.2) is 35.4 Å². The number of nitro groups is 1. The molecule has 1 amide bonds. The number of methoxy groups -OCH3 is 1. The highest BCUT2D eigenvalue weighted by Gasteiger charge is 2.23. The van der Waals surface area contributed by atoms with E-state index in [4.69, 9.17) is 10.00 Å². The minimum atomic E-state index is -0.549. The third kappa shape index (κ3) is 3.92. The largest absolute Gasteiger partial charge is 0.496 e. The topological polar surface area (TPSA) is 96.5 Å². The molecule has 0 bridgehead atoms. The molecule has 0 aromatic heterocycles. The van der Waals surface area contributed by atoms with Gasteiger partial charge in [-0.1, -0.05) is 0 Å². The number of benzene rings is 1. The third-order valence-electron chi connectivity index (χ3n) is 2.98. The third-order valence-corrected chi connectivity index (χ3v) is 2.98. The molecule has 1 rings (SSSR count). The molecule has 0 saturated carbocycles. The second-order valence-electron chi connectivity index (χ2n) is 4.64. The molecular formula is C14H17N3O4. The second kappa shape index (κ2) is 7.24. The highest BCUT2D eigenvalue weighted by atomic mass is 16.6. The van der Waals surface area contributed by atoms with Crippen LogP contribution in [0.4, 0.5) is 5.69 Å². The highest BCUT2D eigenvalue weighted by Crippen LogP contribution is 2.26. The van der Waals surface area contributed by atoms with Crippen molar-refractivity contribution in [1.29, 1.82) is 5.26 Å². The van der Waals surface area contributed by atoms with Crippen molar-refractivity contribution in [3.63, 3.8) is 0 Å². The minimum absolute atomic E-state index is 0.0919. The summed E-state index contributed by atoms with van der Waals surface area (Å²) in [5.74, 6) is -0.163. The maximum atomic E-state index is 12.5. The summed E-state index contributed by atoms with van der Waals surface area (Å²) in [6, 6.07) is 5.76. The summed E-state index contributed by atoms with van der Waals surface area (Å²) in [6.45, 7) is 3.98. The van der Waals surface area contributed by atoms with E-state index in [0.717, 1.165) is 0 Å². The molecule has 0 unspecified atom stereocenters. The first-order valence-electron chi connectivity index (χ1n) is 6.42. The SMILES string of the molecule is COc1cc([N+](=O)[O-])ccc1C(=O)N(CCC#N)C(C)C. The van der Waals surface area contributed by atoms with Crippen LogP contribution in [0.3, 0.4) is 0 Å². The number of rotatable bonds is 6. The summed E-state index contributed by atoms with van der Waals surface area (Å²) in [5, 5.41) is 19.4. The number of ether oxygens (including phenoxy) is 1. The summed E-state index contributed by atoms with van der Waals surface area (Å²) in [5.41, 5.74) is 0.103. The fourth-order valence-electron chi connectivity index (χ4n) is 1.89. The van der Waals surface area contributed by atoms with E-state index in [2.05, 4.69) is 0 Å². The molecule has 0 heterocycles. The van der Waals surface area contributed by atoms with E-state index in [1.54, 1.807) is 0 Å². The van der Waals surface area contributed by atoms with Gasteiger partial charge >= 0.3 is 0 Å². The Labute approximate surface area is 122 Å². The standard InChI is InChI=1S/C14H17N3O4/c1-10(2)16(8-4-7-15)14(18)12-6-5-11(17(19)20)9-13(12)21-3/h5-6,9-10H,4,8H2,1-3H3. The van der Waals surface area contributed by atoms with Gasteiger partial charge in [0.05, 0.1) is 36.2 Å². The lowest BCUT2D eigenvalue weighted by Gasteiger charge is -2.26. The molecule has 7 nitrogen and oxygen atoms in total. The molecule has 21 heavy (non-hydrogen) atoms. The Morgan fingerprint density at radius 1 is 1.52 bits per heavy atom. The van der Waals surface area contributed by atoms with Crippen LogP contribution in [0.1, 0.15) is 30.6 Å². The van der Waals surface area contributed by atoms with Crippen molar-refractivity contribution in [2.24, 2.45) is 0 Å². The zero-order valence-corrected chi connectivity index (χ0v) is 12.2. The molecule has 0 aliphatic carbocycles. The number of nitro benzene ring substituents is 1. The molecule has 1 aromatic carbocycles. The number of amides is 1. The molecule has 0 fully saturated rings. The van der Waals surface area contributed by atoms with E-state index in [1.165, 1.54) is 30.2 Å². The molecule has 0 aliphatic rings. The van der Waals surface area contributed by atoms with Gasteiger partial charge in [-0.05, 0) is 19.9 Å². The Kier molecular flexibility index (Phi) is 5.67. The summed E-state index contributed by atoms with van der Waals surface area (Å²) < 4.78 is 5.07. The average molecular weight is 291 g/mol. The number of carbonyl (C=O) groups is 1. The summed E-state index contributed by atoms with van der Waals surface area (Å²) >= 11 is 0. The van der Waals surface area contributed by atoms with Gasteiger partial charge in [0.25, 0.3) is 11.6 Å². The van der Waals surface area contributed by atoms with Crippen molar-refractivity contribution in [3.8, 4) is 11.8 Å². The quantitative estimate of drug-likeness (QED) is 0.592. The molecule has 0 spiro atoms. The molecular weight excluding hydrogens is 274 g/mol. The number of nitriles is 1. The summed E-state index contributed by atoms with van der Waals surface area (Å²) in [7, 11) is 1.35. The lowest BCUT2D eigenvalue weighted by molar-refractivity contribution is -0.384. The van der Waals surface area contributed by atoms with Gasteiger partial charge in [0, 0.05) is 18.7 Å². The van der Waals surface area contributed by atoms with Gasteiger partial charge in [0.1, 0.15) is 5.75 Å². The Morgan fingerprint density at radius 3 is 2.67 bits per heavy atom. The first kappa shape index (κ1) is 16.4. The maximum absolute atomic E-state index is 12.5. The van der Waals surface area contributed by atoms with Gasteiger partial charge in [0.2, 0.25) is 0 Å². The predicted octanol–water partition coefficient (Wildman–Crippen LogP) is 2.37. The molecule has 0 atom stereocenters. The fourth-order valence-corrected chi connectivity index (χ4v) is 1.89. The van der Waals surface area contributed by atoms with Gasteiger partial charge < -0.3 is 9.64 Å². The van der Waals surface area contributed by atoms with Gasteiger partial charge in [-0.2, -0.15) is 5.26 Å². The van der Waals surface area contributed by atoms with Crippen molar-refractivity contribution in [2.75, 3.05) is 13.7 Å². The van der Waals surface area contributed by atoms with Crippen LogP contribution in [0.15, 0.2) is 18.2 Å². The van der Waals surface area contributed by atoms with Gasteiger partial charge in [-0.25, -0.2) is 0 Å². The van der Waals surface area contributed by atoms with Crippen LogP contribution < -0.4 is 4.74 Å². The first-order valence-corrected chi connectivity index (χ1v) is 6.42. The first-order chi connectivity index (χ1) is 9.92.